The largest absolute Gasteiger partial charge is 0.385 e. The van der Waals surface area contributed by atoms with Gasteiger partial charge >= 0.3 is 0 Å². The van der Waals surface area contributed by atoms with Crippen molar-refractivity contribution in [3.8, 4) is 0 Å². The summed E-state index contributed by atoms with van der Waals surface area (Å²) in [6, 6.07) is 0. The van der Waals surface area contributed by atoms with Crippen molar-refractivity contribution in [2.45, 2.75) is 51.1 Å². The Bertz CT molecular complexity index is 346. The van der Waals surface area contributed by atoms with Crippen LogP contribution in [0.15, 0.2) is 0 Å². The standard InChI is InChI=1S/C12H22N4O/c1-17-8-3-2-7-16-12(10-5-4-6-10)11(9-13)14-15-16/h10H,2-9,13H2,1H3. The first kappa shape index (κ1) is 12.5. The first-order chi connectivity index (χ1) is 8.36. The fraction of sp³-hybridized carbons (Fsp3) is 0.833. The van der Waals surface area contributed by atoms with Gasteiger partial charge in [-0.2, -0.15) is 0 Å². The molecule has 0 atom stereocenters. The fourth-order valence-corrected chi connectivity index (χ4v) is 2.30. The number of ether oxygens (including phenoxy) is 1. The Morgan fingerprint density at radius 3 is 2.82 bits per heavy atom. The summed E-state index contributed by atoms with van der Waals surface area (Å²) < 4.78 is 7.11. The molecule has 0 unspecified atom stereocenters. The van der Waals surface area contributed by atoms with Crippen LogP contribution in [0.25, 0.3) is 0 Å². The molecule has 17 heavy (non-hydrogen) atoms. The second-order valence-corrected chi connectivity index (χ2v) is 4.68. The van der Waals surface area contributed by atoms with E-state index in [4.69, 9.17) is 10.5 Å². The van der Waals surface area contributed by atoms with Crippen molar-refractivity contribution in [2.75, 3.05) is 13.7 Å². The van der Waals surface area contributed by atoms with Gasteiger partial charge < -0.3 is 10.5 Å². The molecule has 2 rings (SSSR count). The van der Waals surface area contributed by atoms with E-state index in [1.165, 1.54) is 25.0 Å². The number of rotatable bonds is 7. The highest BCUT2D eigenvalue weighted by atomic mass is 16.5. The van der Waals surface area contributed by atoms with E-state index in [9.17, 15) is 0 Å². The molecule has 0 aliphatic heterocycles. The van der Waals surface area contributed by atoms with E-state index in [0.29, 0.717) is 12.5 Å². The molecule has 1 saturated carbocycles. The molecule has 1 aliphatic rings. The van der Waals surface area contributed by atoms with Crippen LogP contribution < -0.4 is 5.73 Å². The molecule has 1 aromatic heterocycles. The quantitative estimate of drug-likeness (QED) is 0.730. The van der Waals surface area contributed by atoms with Gasteiger partial charge in [0.25, 0.3) is 0 Å². The van der Waals surface area contributed by atoms with Crippen LogP contribution in [0, 0.1) is 0 Å². The number of unbranched alkanes of at least 4 members (excludes halogenated alkanes) is 1. The number of methoxy groups -OCH3 is 1. The lowest BCUT2D eigenvalue weighted by Gasteiger charge is -2.26. The summed E-state index contributed by atoms with van der Waals surface area (Å²) in [4.78, 5) is 0. The number of hydrogen-bond donors (Lipinski definition) is 1. The molecule has 96 valence electrons. The van der Waals surface area contributed by atoms with Crippen LogP contribution in [-0.4, -0.2) is 28.7 Å². The lowest BCUT2D eigenvalue weighted by atomic mass is 9.82. The van der Waals surface area contributed by atoms with Crippen LogP contribution in [0.1, 0.15) is 49.4 Å². The molecular formula is C12H22N4O. The zero-order valence-electron chi connectivity index (χ0n) is 10.6. The highest BCUT2D eigenvalue weighted by Crippen LogP contribution is 2.37. The average Bonchev–Trinajstić information content (AvgIpc) is 2.66. The number of nitrogens with zero attached hydrogens (tertiary/aromatic N) is 3. The number of aromatic nitrogens is 3. The molecule has 2 N–H and O–H groups in total. The molecule has 0 spiro atoms. The Balaban J connectivity index is 1.97. The maximum Gasteiger partial charge on any atom is 0.0997 e. The van der Waals surface area contributed by atoms with Crippen LogP contribution in [0.3, 0.4) is 0 Å². The maximum atomic E-state index is 5.72. The maximum absolute atomic E-state index is 5.72. The molecule has 1 fully saturated rings. The first-order valence-corrected chi connectivity index (χ1v) is 6.48. The second-order valence-electron chi connectivity index (χ2n) is 4.68. The first-order valence-electron chi connectivity index (χ1n) is 6.48. The van der Waals surface area contributed by atoms with Crippen LogP contribution in [0.2, 0.25) is 0 Å². The van der Waals surface area contributed by atoms with Crippen molar-refractivity contribution >= 4 is 0 Å². The SMILES string of the molecule is COCCCCn1nnc(CN)c1C1CCC1. The molecule has 0 saturated heterocycles. The van der Waals surface area contributed by atoms with Crippen molar-refractivity contribution in [3.63, 3.8) is 0 Å². The van der Waals surface area contributed by atoms with Gasteiger partial charge in [-0.3, -0.25) is 0 Å². The van der Waals surface area contributed by atoms with E-state index in [1.807, 2.05) is 0 Å². The Hall–Kier alpha value is -0.940. The summed E-state index contributed by atoms with van der Waals surface area (Å²) >= 11 is 0. The van der Waals surface area contributed by atoms with Gasteiger partial charge in [-0.1, -0.05) is 11.6 Å². The third-order valence-corrected chi connectivity index (χ3v) is 3.50. The van der Waals surface area contributed by atoms with Crippen LogP contribution in [-0.2, 0) is 17.8 Å². The minimum atomic E-state index is 0.504. The summed E-state index contributed by atoms with van der Waals surface area (Å²) in [5, 5.41) is 8.43. The fourth-order valence-electron chi connectivity index (χ4n) is 2.30. The Morgan fingerprint density at radius 1 is 1.41 bits per heavy atom. The number of aryl methyl sites for hydroxylation is 1. The molecule has 1 aromatic rings. The molecule has 0 radical (unpaired) electrons. The summed E-state index contributed by atoms with van der Waals surface area (Å²) in [5.41, 5.74) is 8.00. The highest BCUT2D eigenvalue weighted by Gasteiger charge is 2.26. The molecule has 0 amide bonds. The molecule has 0 aromatic carbocycles. The van der Waals surface area contributed by atoms with Crippen LogP contribution >= 0.6 is 0 Å². The minimum Gasteiger partial charge on any atom is -0.385 e. The van der Waals surface area contributed by atoms with Crippen molar-refractivity contribution < 1.29 is 4.74 Å². The monoisotopic (exact) mass is 238 g/mol. The number of hydrogen-bond acceptors (Lipinski definition) is 4. The van der Waals surface area contributed by atoms with Gasteiger partial charge in [0.15, 0.2) is 0 Å². The summed E-state index contributed by atoms with van der Waals surface area (Å²) in [5.74, 6) is 0.644. The van der Waals surface area contributed by atoms with Crippen molar-refractivity contribution in [2.24, 2.45) is 5.73 Å². The third kappa shape index (κ3) is 2.84. The van der Waals surface area contributed by atoms with E-state index < -0.39 is 0 Å². The minimum absolute atomic E-state index is 0.504. The van der Waals surface area contributed by atoms with E-state index in [-0.39, 0.29) is 0 Å². The van der Waals surface area contributed by atoms with Crippen LogP contribution in [0.5, 0.6) is 0 Å². The summed E-state index contributed by atoms with van der Waals surface area (Å²) in [6.45, 7) is 2.25. The van der Waals surface area contributed by atoms with Crippen molar-refractivity contribution in [3.05, 3.63) is 11.4 Å². The lowest BCUT2D eigenvalue weighted by molar-refractivity contribution is 0.190. The zero-order chi connectivity index (χ0) is 12.1. The Morgan fingerprint density at radius 2 is 2.24 bits per heavy atom. The predicted octanol–water partition coefficient (Wildman–Crippen LogP) is 1.43. The van der Waals surface area contributed by atoms with E-state index in [1.54, 1.807) is 7.11 Å². The van der Waals surface area contributed by atoms with Gasteiger partial charge in [0.1, 0.15) is 0 Å². The van der Waals surface area contributed by atoms with Gasteiger partial charge in [-0.25, -0.2) is 4.68 Å². The molecule has 5 heteroatoms. The Kier molecular flexibility index (Phi) is 4.50. The second kappa shape index (κ2) is 6.12. The van der Waals surface area contributed by atoms with Gasteiger partial charge in [-0.15, -0.1) is 5.10 Å². The van der Waals surface area contributed by atoms with Gasteiger partial charge in [0.2, 0.25) is 0 Å². The summed E-state index contributed by atoms with van der Waals surface area (Å²) in [6.07, 6.45) is 6.00. The van der Waals surface area contributed by atoms with E-state index in [0.717, 1.165) is 31.7 Å². The van der Waals surface area contributed by atoms with E-state index >= 15 is 0 Å². The van der Waals surface area contributed by atoms with Crippen LogP contribution in [0.4, 0.5) is 0 Å². The molecular weight excluding hydrogens is 216 g/mol. The van der Waals surface area contributed by atoms with Crippen molar-refractivity contribution in [1.82, 2.24) is 15.0 Å². The smallest absolute Gasteiger partial charge is 0.0997 e. The zero-order valence-corrected chi connectivity index (χ0v) is 10.6. The molecule has 1 heterocycles. The van der Waals surface area contributed by atoms with Gasteiger partial charge in [0.05, 0.1) is 11.4 Å². The van der Waals surface area contributed by atoms with Crippen molar-refractivity contribution in [1.29, 1.82) is 0 Å². The van der Waals surface area contributed by atoms with Gasteiger partial charge in [0, 0.05) is 32.7 Å². The summed E-state index contributed by atoms with van der Waals surface area (Å²) in [7, 11) is 1.74. The third-order valence-electron chi connectivity index (χ3n) is 3.50. The van der Waals surface area contributed by atoms with Gasteiger partial charge in [-0.05, 0) is 25.7 Å². The molecule has 1 aliphatic carbocycles. The molecule has 5 nitrogen and oxygen atoms in total. The topological polar surface area (TPSA) is 66.0 Å². The highest BCUT2D eigenvalue weighted by molar-refractivity contribution is 5.17. The van der Waals surface area contributed by atoms with E-state index in [2.05, 4.69) is 15.0 Å². The average molecular weight is 238 g/mol. The Labute approximate surface area is 102 Å². The predicted molar refractivity (Wildman–Crippen MR) is 65.6 cm³/mol. The molecule has 0 bridgehead atoms. The normalized spacial score (nSPS) is 16.1. The number of nitrogens with two attached hydrogens (primary N) is 1. The lowest BCUT2D eigenvalue weighted by Crippen LogP contribution is -2.18.